The first kappa shape index (κ1) is 20.4. The van der Waals surface area contributed by atoms with E-state index >= 15 is 0 Å². The highest BCUT2D eigenvalue weighted by atomic mass is 32.2. The summed E-state index contributed by atoms with van der Waals surface area (Å²) in [6, 6.07) is 15.6. The fraction of sp³-hybridized carbons (Fsp3) is 0.263. The second kappa shape index (κ2) is 10.3. The summed E-state index contributed by atoms with van der Waals surface area (Å²) in [6.07, 6.45) is 0. The monoisotopic (exact) mass is 387 g/mol. The minimum absolute atomic E-state index is 0.106. The highest BCUT2D eigenvalue weighted by Crippen LogP contribution is 2.20. The van der Waals surface area contributed by atoms with Crippen LogP contribution in [0.15, 0.2) is 58.3 Å². The van der Waals surface area contributed by atoms with Gasteiger partial charge in [-0.15, -0.1) is 23.5 Å². The highest BCUT2D eigenvalue weighted by molar-refractivity contribution is 7.99. The number of rotatable bonds is 10. The molecule has 2 aromatic carbocycles. The minimum atomic E-state index is 0.106. The molecule has 0 saturated carbocycles. The molecule has 0 saturated heterocycles. The van der Waals surface area contributed by atoms with Crippen LogP contribution < -0.4 is 11.5 Å². The molecule has 0 radical (unpaired) electrons. The van der Waals surface area contributed by atoms with Crippen LogP contribution in [0.2, 0.25) is 0 Å². The van der Waals surface area contributed by atoms with Gasteiger partial charge in [0.05, 0.1) is 0 Å². The fourth-order valence-corrected chi connectivity index (χ4v) is 4.15. The largest absolute Gasteiger partial charge is 0.384 e. The van der Waals surface area contributed by atoms with Gasteiger partial charge in [-0.05, 0) is 31.3 Å². The molecule has 6 N–H and O–H groups in total. The lowest BCUT2D eigenvalue weighted by Crippen LogP contribution is -2.23. The van der Waals surface area contributed by atoms with Crippen molar-refractivity contribution < 1.29 is 0 Å². The van der Waals surface area contributed by atoms with Crippen molar-refractivity contribution in [3.8, 4) is 0 Å². The van der Waals surface area contributed by atoms with Crippen LogP contribution >= 0.6 is 23.5 Å². The maximum Gasteiger partial charge on any atom is 0.122 e. The van der Waals surface area contributed by atoms with Crippen molar-refractivity contribution in [1.29, 1.82) is 10.8 Å². The molecule has 0 aliphatic rings. The number of nitrogens with two attached hydrogens (primary N) is 2. The van der Waals surface area contributed by atoms with Crippen LogP contribution in [0.5, 0.6) is 0 Å². The van der Waals surface area contributed by atoms with Gasteiger partial charge in [-0.25, -0.2) is 0 Å². The fourth-order valence-electron chi connectivity index (χ4n) is 2.21. The summed E-state index contributed by atoms with van der Waals surface area (Å²) in [4.78, 5) is 4.72. The van der Waals surface area contributed by atoms with E-state index in [0.29, 0.717) is 0 Å². The molecule has 0 bridgehead atoms. The number of nitrogen functional groups attached to an aromatic ring is 2. The van der Waals surface area contributed by atoms with Crippen molar-refractivity contribution in [2.24, 2.45) is 11.5 Å². The van der Waals surface area contributed by atoms with Gasteiger partial charge in [-0.1, -0.05) is 24.3 Å². The summed E-state index contributed by atoms with van der Waals surface area (Å²) in [5, 5.41) is 14.8. The van der Waals surface area contributed by atoms with E-state index in [1.807, 2.05) is 72.1 Å². The van der Waals surface area contributed by atoms with Crippen LogP contribution in [0.1, 0.15) is 11.1 Å². The molecule has 138 valence electrons. The Morgan fingerprint density at radius 2 is 1.12 bits per heavy atom. The van der Waals surface area contributed by atoms with Gasteiger partial charge in [0.1, 0.15) is 11.7 Å². The van der Waals surface area contributed by atoms with Crippen molar-refractivity contribution in [3.63, 3.8) is 0 Å². The molecule has 0 spiro atoms. The molecule has 0 aromatic heterocycles. The predicted molar refractivity (Wildman–Crippen MR) is 114 cm³/mol. The molecular weight excluding hydrogens is 362 g/mol. The Morgan fingerprint density at radius 1 is 0.769 bits per heavy atom. The Labute approximate surface area is 163 Å². The second-order valence-corrected chi connectivity index (χ2v) is 8.21. The van der Waals surface area contributed by atoms with E-state index in [1.165, 1.54) is 9.79 Å². The van der Waals surface area contributed by atoms with Crippen LogP contribution in [0.3, 0.4) is 0 Å². The van der Waals surface area contributed by atoms with Crippen LogP contribution in [0.25, 0.3) is 0 Å². The number of hydrogen-bond donors (Lipinski definition) is 4. The predicted octanol–water partition coefficient (Wildman–Crippen LogP) is 3.07. The van der Waals surface area contributed by atoms with Crippen molar-refractivity contribution in [1.82, 2.24) is 4.90 Å². The summed E-state index contributed by atoms with van der Waals surface area (Å²) in [5.41, 5.74) is 12.5. The van der Waals surface area contributed by atoms with Gasteiger partial charge < -0.3 is 16.4 Å². The first-order valence-electron chi connectivity index (χ1n) is 8.29. The molecule has 2 rings (SSSR count). The first-order valence-corrected chi connectivity index (χ1v) is 10.3. The number of nitrogens with one attached hydrogen (secondary N) is 2. The van der Waals surface area contributed by atoms with Crippen LogP contribution in [-0.2, 0) is 0 Å². The summed E-state index contributed by atoms with van der Waals surface area (Å²) in [6.45, 7) is 2.03. The number of benzene rings is 2. The van der Waals surface area contributed by atoms with E-state index in [-0.39, 0.29) is 11.7 Å². The summed E-state index contributed by atoms with van der Waals surface area (Å²) in [5.74, 6) is 2.26. The standard InChI is InChI=1S/C19H25N5S2/c1-24(10-12-25-16-6-2-14(3-7-16)18(20)21)11-13-26-17-8-4-15(5-9-17)19(22)23/h2-9H,10-13H2,1H3,(H3,20,21)(H3,22,23). The molecule has 26 heavy (non-hydrogen) atoms. The minimum Gasteiger partial charge on any atom is -0.384 e. The zero-order valence-electron chi connectivity index (χ0n) is 14.9. The van der Waals surface area contributed by atoms with Crippen molar-refractivity contribution in [3.05, 3.63) is 59.7 Å². The Balaban J connectivity index is 1.64. The number of nitrogens with zero attached hydrogens (tertiary/aromatic N) is 1. The maximum absolute atomic E-state index is 7.40. The smallest absolute Gasteiger partial charge is 0.122 e. The molecule has 0 aliphatic carbocycles. The van der Waals surface area contributed by atoms with E-state index in [4.69, 9.17) is 22.3 Å². The molecule has 5 nitrogen and oxygen atoms in total. The average Bonchev–Trinajstić information content (AvgIpc) is 2.62. The number of thioether (sulfide) groups is 2. The van der Waals surface area contributed by atoms with Gasteiger partial charge in [-0.3, -0.25) is 10.8 Å². The SMILES string of the molecule is CN(CCSc1ccc(C(=N)N)cc1)CCSc1ccc(C(=N)N)cc1. The number of hydrogen-bond acceptors (Lipinski definition) is 5. The van der Waals surface area contributed by atoms with Gasteiger partial charge in [0.25, 0.3) is 0 Å². The average molecular weight is 388 g/mol. The van der Waals surface area contributed by atoms with Gasteiger partial charge in [-0.2, -0.15) is 0 Å². The Morgan fingerprint density at radius 3 is 1.42 bits per heavy atom. The topological polar surface area (TPSA) is 103 Å². The lowest BCUT2D eigenvalue weighted by Gasteiger charge is -2.16. The second-order valence-electron chi connectivity index (χ2n) is 5.88. The lowest BCUT2D eigenvalue weighted by atomic mass is 10.2. The Bertz CT molecular complexity index is 665. The molecule has 2 aromatic rings. The molecule has 0 amide bonds. The van der Waals surface area contributed by atoms with Gasteiger partial charge in [0.2, 0.25) is 0 Å². The third-order valence-corrected chi connectivity index (χ3v) is 5.80. The third-order valence-electron chi connectivity index (χ3n) is 3.81. The zero-order valence-corrected chi connectivity index (χ0v) is 16.5. The van der Waals surface area contributed by atoms with Crippen molar-refractivity contribution in [2.75, 3.05) is 31.6 Å². The maximum atomic E-state index is 7.40. The van der Waals surface area contributed by atoms with E-state index in [2.05, 4.69) is 11.9 Å². The Hall–Kier alpha value is -1.96. The summed E-state index contributed by atoms with van der Waals surface area (Å²) >= 11 is 3.62. The van der Waals surface area contributed by atoms with Crippen LogP contribution in [0.4, 0.5) is 0 Å². The third kappa shape index (κ3) is 6.74. The zero-order chi connectivity index (χ0) is 18.9. The van der Waals surface area contributed by atoms with Crippen molar-refractivity contribution >= 4 is 35.2 Å². The number of amidine groups is 2. The summed E-state index contributed by atoms with van der Waals surface area (Å²) in [7, 11) is 2.14. The molecule has 7 heteroatoms. The Kier molecular flexibility index (Phi) is 8.03. The van der Waals surface area contributed by atoms with E-state index < -0.39 is 0 Å². The molecular formula is C19H25N5S2. The molecule has 0 heterocycles. The van der Waals surface area contributed by atoms with Crippen molar-refractivity contribution in [2.45, 2.75) is 9.79 Å². The quantitative estimate of drug-likeness (QED) is 0.285. The molecule has 0 fully saturated rings. The summed E-state index contributed by atoms with van der Waals surface area (Å²) < 4.78 is 0. The normalized spacial score (nSPS) is 10.8. The van der Waals surface area contributed by atoms with E-state index in [9.17, 15) is 0 Å². The van der Waals surface area contributed by atoms with Gasteiger partial charge >= 0.3 is 0 Å². The van der Waals surface area contributed by atoms with Crippen LogP contribution in [0, 0.1) is 10.8 Å². The van der Waals surface area contributed by atoms with E-state index in [1.54, 1.807) is 0 Å². The lowest BCUT2D eigenvalue weighted by molar-refractivity contribution is 0.380. The molecule has 0 atom stereocenters. The highest BCUT2D eigenvalue weighted by Gasteiger charge is 2.02. The van der Waals surface area contributed by atoms with Gasteiger partial charge in [0, 0.05) is 45.5 Å². The van der Waals surface area contributed by atoms with Gasteiger partial charge in [0.15, 0.2) is 0 Å². The molecule has 0 aliphatic heterocycles. The first-order chi connectivity index (χ1) is 12.5. The molecule has 0 unspecified atom stereocenters. The van der Waals surface area contributed by atoms with E-state index in [0.717, 1.165) is 35.7 Å². The van der Waals surface area contributed by atoms with Crippen LogP contribution in [-0.4, -0.2) is 48.2 Å².